The standard InChI is InChI=1S/C21H20N6O2/c1-13(2)27-19-8-5-15(16-10-22-12-23-11-16)9-18(19)25-21(27)24-17-6-3-14(4-7-17)20(28)26-29/h3-13,29H,1-2H3,(H,24,25)(H,26,28). The molecule has 0 radical (unpaired) electrons. The lowest BCUT2D eigenvalue weighted by Gasteiger charge is -2.14. The van der Waals surface area contributed by atoms with Crippen LogP contribution in [0.25, 0.3) is 22.2 Å². The summed E-state index contributed by atoms with van der Waals surface area (Å²) in [6.45, 7) is 4.19. The van der Waals surface area contributed by atoms with E-state index in [1.54, 1.807) is 42.1 Å². The van der Waals surface area contributed by atoms with Gasteiger partial charge in [-0.15, -0.1) is 0 Å². The third-order valence-corrected chi connectivity index (χ3v) is 4.60. The van der Waals surface area contributed by atoms with Gasteiger partial charge >= 0.3 is 0 Å². The second-order valence-corrected chi connectivity index (χ2v) is 6.87. The molecular formula is C21H20N6O2. The van der Waals surface area contributed by atoms with E-state index in [1.165, 1.54) is 6.33 Å². The van der Waals surface area contributed by atoms with E-state index >= 15 is 0 Å². The largest absolute Gasteiger partial charge is 0.326 e. The number of carbonyl (C=O) groups is 1. The average molecular weight is 388 g/mol. The Hall–Kier alpha value is -3.78. The van der Waals surface area contributed by atoms with E-state index in [-0.39, 0.29) is 6.04 Å². The number of aromatic nitrogens is 4. The maximum absolute atomic E-state index is 11.5. The van der Waals surface area contributed by atoms with Gasteiger partial charge in [0, 0.05) is 35.2 Å². The smallest absolute Gasteiger partial charge is 0.274 e. The molecule has 2 aromatic heterocycles. The maximum Gasteiger partial charge on any atom is 0.274 e. The van der Waals surface area contributed by atoms with Crippen LogP contribution in [0.5, 0.6) is 0 Å². The normalized spacial score (nSPS) is 11.0. The molecule has 0 saturated carbocycles. The minimum atomic E-state index is -0.552. The number of benzene rings is 2. The SMILES string of the molecule is CC(C)n1c(Nc2ccc(C(=O)NO)cc2)nc2cc(-c3cncnc3)ccc21. The van der Waals surface area contributed by atoms with E-state index in [4.69, 9.17) is 10.2 Å². The highest BCUT2D eigenvalue weighted by molar-refractivity contribution is 5.93. The van der Waals surface area contributed by atoms with Crippen LogP contribution in [-0.4, -0.2) is 30.6 Å². The van der Waals surface area contributed by atoms with Crippen molar-refractivity contribution in [2.75, 3.05) is 5.32 Å². The summed E-state index contributed by atoms with van der Waals surface area (Å²) in [7, 11) is 0. The predicted octanol–water partition coefficient (Wildman–Crippen LogP) is 3.94. The zero-order chi connectivity index (χ0) is 20.4. The van der Waals surface area contributed by atoms with E-state index in [2.05, 4.69) is 33.7 Å². The van der Waals surface area contributed by atoms with E-state index < -0.39 is 5.91 Å². The highest BCUT2D eigenvalue weighted by Gasteiger charge is 2.15. The van der Waals surface area contributed by atoms with Crippen molar-refractivity contribution in [3.05, 3.63) is 66.7 Å². The van der Waals surface area contributed by atoms with Crippen LogP contribution in [0.4, 0.5) is 11.6 Å². The summed E-state index contributed by atoms with van der Waals surface area (Å²) in [6, 6.07) is 13.1. The summed E-state index contributed by atoms with van der Waals surface area (Å²) in [4.78, 5) is 24.4. The Morgan fingerprint density at radius 2 is 1.76 bits per heavy atom. The molecule has 0 spiro atoms. The van der Waals surface area contributed by atoms with Gasteiger partial charge in [-0.1, -0.05) is 6.07 Å². The van der Waals surface area contributed by atoms with E-state index in [9.17, 15) is 4.79 Å². The van der Waals surface area contributed by atoms with Gasteiger partial charge in [0.05, 0.1) is 11.0 Å². The number of amides is 1. The predicted molar refractivity (Wildman–Crippen MR) is 110 cm³/mol. The monoisotopic (exact) mass is 388 g/mol. The maximum atomic E-state index is 11.5. The summed E-state index contributed by atoms with van der Waals surface area (Å²) < 4.78 is 2.12. The number of fused-ring (bicyclic) bond motifs is 1. The molecule has 3 N–H and O–H groups in total. The van der Waals surface area contributed by atoms with E-state index in [0.717, 1.165) is 27.8 Å². The molecular weight excluding hydrogens is 368 g/mol. The van der Waals surface area contributed by atoms with Crippen LogP contribution >= 0.6 is 0 Å². The molecule has 0 fully saturated rings. The molecule has 0 aliphatic carbocycles. The molecule has 8 nitrogen and oxygen atoms in total. The minimum Gasteiger partial charge on any atom is -0.326 e. The topological polar surface area (TPSA) is 105 Å². The van der Waals surface area contributed by atoms with Crippen LogP contribution in [0.3, 0.4) is 0 Å². The third kappa shape index (κ3) is 3.65. The number of nitrogens with zero attached hydrogens (tertiary/aromatic N) is 4. The Morgan fingerprint density at radius 3 is 2.41 bits per heavy atom. The van der Waals surface area contributed by atoms with Crippen LogP contribution in [0.15, 0.2) is 61.2 Å². The number of carbonyl (C=O) groups excluding carboxylic acids is 1. The van der Waals surface area contributed by atoms with Crippen molar-refractivity contribution in [3.8, 4) is 11.1 Å². The first-order chi connectivity index (χ1) is 14.1. The highest BCUT2D eigenvalue weighted by atomic mass is 16.5. The van der Waals surface area contributed by atoms with E-state index in [1.807, 2.05) is 18.2 Å². The fourth-order valence-electron chi connectivity index (χ4n) is 3.24. The third-order valence-electron chi connectivity index (χ3n) is 4.60. The molecule has 0 saturated heterocycles. The van der Waals surface area contributed by atoms with Crippen LogP contribution in [0, 0.1) is 0 Å². The van der Waals surface area contributed by atoms with Gasteiger partial charge in [-0.3, -0.25) is 10.0 Å². The number of anilines is 2. The molecule has 1 amide bonds. The summed E-state index contributed by atoms with van der Waals surface area (Å²) in [6.07, 6.45) is 5.06. The molecule has 2 aromatic carbocycles. The summed E-state index contributed by atoms with van der Waals surface area (Å²) in [5.74, 6) is 0.152. The lowest BCUT2D eigenvalue weighted by molar-refractivity contribution is 0.0706. The van der Waals surface area contributed by atoms with Crippen molar-refractivity contribution in [2.24, 2.45) is 0 Å². The molecule has 29 heavy (non-hydrogen) atoms. The van der Waals surface area contributed by atoms with Crippen molar-refractivity contribution in [1.82, 2.24) is 25.0 Å². The molecule has 146 valence electrons. The highest BCUT2D eigenvalue weighted by Crippen LogP contribution is 2.30. The molecule has 0 unspecified atom stereocenters. The van der Waals surface area contributed by atoms with Crippen molar-refractivity contribution >= 4 is 28.6 Å². The van der Waals surface area contributed by atoms with Crippen LogP contribution in [-0.2, 0) is 0 Å². The minimum absolute atomic E-state index is 0.188. The first-order valence-corrected chi connectivity index (χ1v) is 9.15. The van der Waals surface area contributed by atoms with Crippen molar-refractivity contribution in [3.63, 3.8) is 0 Å². The Morgan fingerprint density at radius 1 is 1.03 bits per heavy atom. The van der Waals surface area contributed by atoms with Crippen LogP contribution < -0.4 is 10.8 Å². The number of nitrogens with one attached hydrogen (secondary N) is 2. The second-order valence-electron chi connectivity index (χ2n) is 6.87. The zero-order valence-electron chi connectivity index (χ0n) is 16.0. The number of hydroxylamine groups is 1. The molecule has 0 aliphatic rings. The molecule has 2 heterocycles. The van der Waals surface area contributed by atoms with E-state index in [0.29, 0.717) is 11.5 Å². The van der Waals surface area contributed by atoms with Crippen molar-refractivity contribution < 1.29 is 10.0 Å². The summed E-state index contributed by atoms with van der Waals surface area (Å²) in [5, 5.41) is 12.1. The molecule has 0 bridgehead atoms. The molecule has 0 atom stereocenters. The first-order valence-electron chi connectivity index (χ1n) is 9.15. The first kappa shape index (κ1) is 18.6. The number of imidazole rings is 1. The molecule has 4 aromatic rings. The second kappa shape index (κ2) is 7.69. The Labute approximate surface area is 167 Å². The van der Waals surface area contributed by atoms with Gasteiger partial charge in [0.2, 0.25) is 5.95 Å². The van der Waals surface area contributed by atoms with Gasteiger partial charge in [-0.2, -0.15) is 0 Å². The Balaban J connectivity index is 1.71. The average Bonchev–Trinajstić information content (AvgIpc) is 3.11. The fourth-order valence-corrected chi connectivity index (χ4v) is 3.24. The summed E-state index contributed by atoms with van der Waals surface area (Å²) >= 11 is 0. The quantitative estimate of drug-likeness (QED) is 0.353. The van der Waals surface area contributed by atoms with Gasteiger partial charge in [-0.25, -0.2) is 20.4 Å². The van der Waals surface area contributed by atoms with Gasteiger partial charge < -0.3 is 9.88 Å². The molecule has 0 aliphatic heterocycles. The lowest BCUT2D eigenvalue weighted by atomic mass is 10.1. The lowest BCUT2D eigenvalue weighted by Crippen LogP contribution is -2.18. The van der Waals surface area contributed by atoms with Crippen molar-refractivity contribution in [2.45, 2.75) is 19.9 Å². The summed E-state index contributed by atoms with van der Waals surface area (Å²) in [5.41, 5.74) is 6.58. The number of hydrogen-bond acceptors (Lipinski definition) is 6. The van der Waals surface area contributed by atoms with Gasteiger partial charge in [-0.05, 0) is 55.8 Å². The van der Waals surface area contributed by atoms with Gasteiger partial charge in [0.15, 0.2) is 0 Å². The van der Waals surface area contributed by atoms with Gasteiger partial charge in [0.25, 0.3) is 5.91 Å². The number of rotatable bonds is 5. The van der Waals surface area contributed by atoms with Crippen molar-refractivity contribution in [1.29, 1.82) is 0 Å². The van der Waals surface area contributed by atoms with Crippen LogP contribution in [0.2, 0.25) is 0 Å². The zero-order valence-corrected chi connectivity index (χ0v) is 16.0. The number of hydrogen-bond donors (Lipinski definition) is 3. The molecule has 4 rings (SSSR count). The Kier molecular flexibility index (Phi) is 4.92. The van der Waals surface area contributed by atoms with Crippen LogP contribution in [0.1, 0.15) is 30.2 Å². The Bertz CT molecular complexity index is 1150. The molecule has 8 heteroatoms. The van der Waals surface area contributed by atoms with Gasteiger partial charge in [0.1, 0.15) is 6.33 Å². The fraction of sp³-hybridized carbons (Fsp3) is 0.143.